The van der Waals surface area contributed by atoms with Crippen molar-refractivity contribution in [2.24, 2.45) is 7.05 Å². The van der Waals surface area contributed by atoms with Crippen LogP contribution in [0.3, 0.4) is 0 Å². The van der Waals surface area contributed by atoms with E-state index in [1.807, 2.05) is 11.7 Å². The standard InChI is InChI=1S/C8H14N4/c1-12-7-3-5-10-4-2-6(7)8(9)11-12/h10H,2-5H2,1H3,(H2,9,11). The molecule has 0 spiro atoms. The van der Waals surface area contributed by atoms with Crippen LogP contribution in [-0.2, 0) is 19.9 Å². The van der Waals surface area contributed by atoms with Crippen LogP contribution < -0.4 is 11.1 Å². The van der Waals surface area contributed by atoms with E-state index >= 15 is 0 Å². The average molecular weight is 166 g/mol. The first-order chi connectivity index (χ1) is 5.79. The fourth-order valence-corrected chi connectivity index (χ4v) is 1.76. The van der Waals surface area contributed by atoms with Crippen LogP contribution in [0.4, 0.5) is 5.82 Å². The first-order valence-corrected chi connectivity index (χ1v) is 4.30. The molecule has 3 N–H and O–H groups in total. The zero-order chi connectivity index (χ0) is 8.55. The third-order valence-electron chi connectivity index (χ3n) is 2.40. The molecule has 2 rings (SSSR count). The van der Waals surface area contributed by atoms with Gasteiger partial charge < -0.3 is 11.1 Å². The van der Waals surface area contributed by atoms with Gasteiger partial charge in [0.1, 0.15) is 5.82 Å². The van der Waals surface area contributed by atoms with Gasteiger partial charge in [0.15, 0.2) is 0 Å². The van der Waals surface area contributed by atoms with E-state index in [0.29, 0.717) is 5.82 Å². The van der Waals surface area contributed by atoms with Crippen molar-refractivity contribution in [3.05, 3.63) is 11.3 Å². The summed E-state index contributed by atoms with van der Waals surface area (Å²) in [5.41, 5.74) is 8.30. The quantitative estimate of drug-likeness (QED) is 0.556. The Morgan fingerprint density at radius 2 is 2.17 bits per heavy atom. The van der Waals surface area contributed by atoms with Gasteiger partial charge in [0.2, 0.25) is 0 Å². The topological polar surface area (TPSA) is 55.9 Å². The minimum atomic E-state index is 0.705. The molecule has 0 radical (unpaired) electrons. The highest BCUT2D eigenvalue weighted by molar-refractivity contribution is 5.43. The van der Waals surface area contributed by atoms with Crippen molar-refractivity contribution in [2.75, 3.05) is 18.8 Å². The van der Waals surface area contributed by atoms with Crippen molar-refractivity contribution in [3.8, 4) is 0 Å². The summed E-state index contributed by atoms with van der Waals surface area (Å²) in [6.07, 6.45) is 2.05. The van der Waals surface area contributed by atoms with E-state index < -0.39 is 0 Å². The van der Waals surface area contributed by atoms with Gasteiger partial charge in [0.25, 0.3) is 0 Å². The molecule has 1 aromatic rings. The molecular weight excluding hydrogens is 152 g/mol. The second-order valence-electron chi connectivity index (χ2n) is 3.18. The summed E-state index contributed by atoms with van der Waals surface area (Å²) >= 11 is 0. The molecule has 0 atom stereocenters. The smallest absolute Gasteiger partial charge is 0.148 e. The number of aromatic nitrogens is 2. The molecule has 1 aliphatic heterocycles. The molecule has 1 aromatic heterocycles. The Labute approximate surface area is 71.7 Å². The van der Waals surface area contributed by atoms with Crippen LogP contribution in [0.5, 0.6) is 0 Å². The molecule has 0 bridgehead atoms. The zero-order valence-corrected chi connectivity index (χ0v) is 7.30. The van der Waals surface area contributed by atoms with Crippen molar-refractivity contribution in [1.82, 2.24) is 15.1 Å². The highest BCUT2D eigenvalue weighted by Gasteiger charge is 2.15. The van der Waals surface area contributed by atoms with E-state index in [1.165, 1.54) is 11.3 Å². The predicted molar refractivity (Wildman–Crippen MR) is 47.9 cm³/mol. The Balaban J connectivity index is 2.44. The van der Waals surface area contributed by atoms with Gasteiger partial charge in [-0.3, -0.25) is 4.68 Å². The molecule has 4 heteroatoms. The van der Waals surface area contributed by atoms with Crippen molar-refractivity contribution in [3.63, 3.8) is 0 Å². The second-order valence-corrected chi connectivity index (χ2v) is 3.18. The van der Waals surface area contributed by atoms with Crippen molar-refractivity contribution in [2.45, 2.75) is 12.8 Å². The fraction of sp³-hybridized carbons (Fsp3) is 0.625. The Morgan fingerprint density at radius 3 is 3.00 bits per heavy atom. The molecule has 0 aromatic carbocycles. The molecule has 2 heterocycles. The molecular formula is C8H14N4. The number of hydrogen-bond donors (Lipinski definition) is 2. The van der Waals surface area contributed by atoms with Crippen molar-refractivity contribution >= 4 is 5.82 Å². The van der Waals surface area contributed by atoms with Gasteiger partial charge in [-0.25, -0.2) is 0 Å². The van der Waals surface area contributed by atoms with Crippen molar-refractivity contribution in [1.29, 1.82) is 0 Å². The lowest BCUT2D eigenvalue weighted by atomic mass is 10.1. The van der Waals surface area contributed by atoms with Crippen LogP contribution in [0.15, 0.2) is 0 Å². The number of nitrogen functional groups attached to an aromatic ring is 1. The first kappa shape index (κ1) is 7.61. The van der Waals surface area contributed by atoms with E-state index in [9.17, 15) is 0 Å². The summed E-state index contributed by atoms with van der Waals surface area (Å²) in [6.45, 7) is 2.05. The molecule has 0 saturated carbocycles. The Hall–Kier alpha value is -1.03. The van der Waals surface area contributed by atoms with E-state index in [2.05, 4.69) is 10.4 Å². The van der Waals surface area contributed by atoms with Crippen LogP contribution in [0.25, 0.3) is 0 Å². The first-order valence-electron chi connectivity index (χ1n) is 4.30. The SMILES string of the molecule is Cn1nc(N)c2c1CCNCC2. The Morgan fingerprint density at radius 1 is 1.42 bits per heavy atom. The zero-order valence-electron chi connectivity index (χ0n) is 7.30. The average Bonchev–Trinajstić information content (AvgIpc) is 2.29. The summed E-state index contributed by atoms with van der Waals surface area (Å²) in [7, 11) is 1.96. The normalized spacial score (nSPS) is 17.1. The van der Waals surface area contributed by atoms with Gasteiger partial charge in [0.05, 0.1) is 0 Å². The minimum absolute atomic E-state index is 0.705. The fourth-order valence-electron chi connectivity index (χ4n) is 1.76. The van der Waals surface area contributed by atoms with Gasteiger partial charge in [0, 0.05) is 31.3 Å². The van der Waals surface area contributed by atoms with Crippen LogP contribution in [0.2, 0.25) is 0 Å². The number of fused-ring (bicyclic) bond motifs is 1. The largest absolute Gasteiger partial charge is 0.382 e. The number of aryl methyl sites for hydroxylation is 1. The minimum Gasteiger partial charge on any atom is -0.382 e. The lowest BCUT2D eigenvalue weighted by molar-refractivity contribution is 0.668. The molecule has 0 saturated heterocycles. The lowest BCUT2D eigenvalue weighted by Crippen LogP contribution is -2.17. The molecule has 0 unspecified atom stereocenters. The van der Waals surface area contributed by atoms with E-state index in [-0.39, 0.29) is 0 Å². The van der Waals surface area contributed by atoms with Gasteiger partial charge >= 0.3 is 0 Å². The van der Waals surface area contributed by atoms with Crippen LogP contribution >= 0.6 is 0 Å². The van der Waals surface area contributed by atoms with Gasteiger partial charge in [-0.1, -0.05) is 0 Å². The maximum atomic E-state index is 5.77. The van der Waals surface area contributed by atoms with E-state index in [1.54, 1.807) is 0 Å². The monoisotopic (exact) mass is 166 g/mol. The summed E-state index contributed by atoms with van der Waals surface area (Å²) in [5, 5.41) is 7.54. The van der Waals surface area contributed by atoms with Crippen molar-refractivity contribution < 1.29 is 0 Å². The van der Waals surface area contributed by atoms with Gasteiger partial charge in [-0.15, -0.1) is 0 Å². The predicted octanol–water partition coefficient (Wildman–Crippen LogP) is -0.310. The van der Waals surface area contributed by atoms with E-state index in [0.717, 1.165) is 25.9 Å². The second kappa shape index (κ2) is 2.79. The Bertz CT molecular complexity index is 263. The number of nitrogens with two attached hydrogens (primary N) is 1. The number of rotatable bonds is 0. The molecule has 0 fully saturated rings. The summed E-state index contributed by atoms with van der Waals surface area (Å²) in [5.74, 6) is 0.705. The lowest BCUT2D eigenvalue weighted by Gasteiger charge is -1.99. The maximum Gasteiger partial charge on any atom is 0.148 e. The molecule has 0 aliphatic carbocycles. The summed E-state index contributed by atoms with van der Waals surface area (Å²) < 4.78 is 1.90. The van der Waals surface area contributed by atoms with Crippen LogP contribution in [-0.4, -0.2) is 22.9 Å². The summed E-state index contributed by atoms with van der Waals surface area (Å²) in [6, 6.07) is 0. The molecule has 12 heavy (non-hydrogen) atoms. The highest BCUT2D eigenvalue weighted by atomic mass is 15.3. The number of anilines is 1. The van der Waals surface area contributed by atoms with Gasteiger partial charge in [-0.05, 0) is 13.0 Å². The molecule has 1 aliphatic rings. The van der Waals surface area contributed by atoms with Crippen LogP contribution in [0.1, 0.15) is 11.3 Å². The molecule has 0 amide bonds. The summed E-state index contributed by atoms with van der Waals surface area (Å²) in [4.78, 5) is 0. The number of nitrogens with one attached hydrogen (secondary N) is 1. The third kappa shape index (κ3) is 1.08. The van der Waals surface area contributed by atoms with Crippen LogP contribution in [0, 0.1) is 0 Å². The maximum absolute atomic E-state index is 5.77. The number of hydrogen-bond acceptors (Lipinski definition) is 3. The number of nitrogens with zero attached hydrogens (tertiary/aromatic N) is 2. The Kier molecular flexibility index (Phi) is 1.77. The van der Waals surface area contributed by atoms with E-state index in [4.69, 9.17) is 5.73 Å². The third-order valence-corrected chi connectivity index (χ3v) is 2.40. The highest BCUT2D eigenvalue weighted by Crippen LogP contribution is 2.17. The molecule has 66 valence electrons. The molecule has 4 nitrogen and oxygen atoms in total. The van der Waals surface area contributed by atoms with Gasteiger partial charge in [-0.2, -0.15) is 5.10 Å².